The van der Waals surface area contributed by atoms with E-state index in [1.165, 1.54) is 46.5 Å². The summed E-state index contributed by atoms with van der Waals surface area (Å²) in [7, 11) is 0. The van der Waals surface area contributed by atoms with E-state index in [9.17, 15) is 26.3 Å². The van der Waals surface area contributed by atoms with Crippen LogP contribution in [0.25, 0.3) is 55.6 Å². The van der Waals surface area contributed by atoms with Crippen LogP contribution in [-0.2, 0) is 28.6 Å². The Labute approximate surface area is 317 Å². The van der Waals surface area contributed by atoms with E-state index in [-0.39, 0.29) is 5.41 Å². The molecular weight excluding hydrogens is 703 g/mol. The number of benzene rings is 6. The number of hydrogen-bond donors (Lipinski definition) is 0. The van der Waals surface area contributed by atoms with Gasteiger partial charge in [0.05, 0.1) is 11.1 Å². The summed E-state index contributed by atoms with van der Waals surface area (Å²) < 4.78 is 82.2. The summed E-state index contributed by atoms with van der Waals surface area (Å²) in [5, 5.41) is 0. The van der Waals surface area contributed by atoms with Crippen molar-refractivity contribution < 1.29 is 26.3 Å². The highest BCUT2D eigenvalue weighted by Gasteiger charge is 2.42. The minimum atomic E-state index is -4.41. The molecule has 0 radical (unpaired) electrons. The van der Waals surface area contributed by atoms with Gasteiger partial charge in [-0.1, -0.05) is 90.1 Å². The zero-order valence-corrected chi connectivity index (χ0v) is 32.0. The Morgan fingerprint density at radius 2 is 0.618 bits per heavy atom. The quantitative estimate of drug-likeness (QED) is 0.155. The number of halogens is 6. The summed E-state index contributed by atoms with van der Waals surface area (Å²) in [5.41, 5.74) is 15.5. The lowest BCUT2D eigenvalue weighted by atomic mass is 9.78. The Hall–Kier alpha value is -5.10. The molecule has 55 heavy (non-hydrogen) atoms. The molecular formula is C49H40F6. The second-order valence-electron chi connectivity index (χ2n) is 17.3. The predicted molar refractivity (Wildman–Crippen MR) is 209 cm³/mol. The van der Waals surface area contributed by atoms with Crippen LogP contribution in [0.2, 0.25) is 0 Å². The largest absolute Gasteiger partial charge is 0.416 e. The Kier molecular flexibility index (Phi) is 7.13. The second-order valence-corrected chi connectivity index (χ2v) is 17.3. The van der Waals surface area contributed by atoms with Gasteiger partial charge in [-0.05, 0) is 163 Å². The molecule has 6 heteroatoms. The van der Waals surface area contributed by atoms with Gasteiger partial charge in [-0.15, -0.1) is 0 Å². The molecule has 0 spiro atoms. The van der Waals surface area contributed by atoms with Gasteiger partial charge < -0.3 is 0 Å². The highest BCUT2D eigenvalue weighted by Crippen LogP contribution is 2.55. The van der Waals surface area contributed by atoms with Crippen LogP contribution in [0.15, 0.2) is 97.1 Å². The van der Waals surface area contributed by atoms with Crippen molar-refractivity contribution >= 4 is 0 Å². The van der Waals surface area contributed by atoms with E-state index >= 15 is 0 Å². The maximum Gasteiger partial charge on any atom is 0.416 e. The van der Waals surface area contributed by atoms with Gasteiger partial charge >= 0.3 is 12.4 Å². The molecule has 0 saturated heterocycles. The fourth-order valence-corrected chi connectivity index (χ4v) is 9.83. The molecule has 0 nitrogen and oxygen atoms in total. The van der Waals surface area contributed by atoms with Crippen molar-refractivity contribution in [1.29, 1.82) is 0 Å². The lowest BCUT2D eigenvalue weighted by Crippen LogP contribution is -2.17. The molecule has 0 amide bonds. The molecule has 0 heterocycles. The van der Waals surface area contributed by atoms with Gasteiger partial charge in [0.1, 0.15) is 0 Å². The Bertz CT molecular complexity index is 2480. The normalized spacial score (nSPS) is 16.6. The summed E-state index contributed by atoms with van der Waals surface area (Å²) in [6, 6.07) is 29.9. The van der Waals surface area contributed by atoms with Crippen molar-refractivity contribution in [3.8, 4) is 55.6 Å². The molecule has 0 atom stereocenters. The van der Waals surface area contributed by atoms with Gasteiger partial charge in [0.25, 0.3) is 0 Å². The monoisotopic (exact) mass is 742 g/mol. The van der Waals surface area contributed by atoms with Gasteiger partial charge in [0, 0.05) is 16.2 Å². The first-order valence-electron chi connectivity index (χ1n) is 18.6. The number of alkyl halides is 6. The van der Waals surface area contributed by atoms with Crippen molar-refractivity contribution in [3.63, 3.8) is 0 Å². The molecule has 0 bridgehead atoms. The lowest BCUT2D eigenvalue weighted by Gasteiger charge is -2.25. The Balaban J connectivity index is 1.10. The third-order valence-corrected chi connectivity index (χ3v) is 13.0. The standard InChI is InChI=1S/C49H40F6/c1-25-17-37-38-18-26(2)36(28-10-14-32-34-16-12-30(49(53,54)55)22-42(34)46(5,6)40(32)20-28)24-44(38)47(7,8)43(37)23-35(25)27-9-13-31-33-15-11-29(48(50,51)52)21-41(33)45(3,4)39(31)19-27/h9-24H,1-8H3. The summed E-state index contributed by atoms with van der Waals surface area (Å²) in [4.78, 5) is 0. The Morgan fingerprint density at radius 3 is 0.945 bits per heavy atom. The average molecular weight is 743 g/mol. The summed E-state index contributed by atoms with van der Waals surface area (Å²) >= 11 is 0. The molecule has 6 aromatic rings. The molecule has 0 saturated carbocycles. The van der Waals surface area contributed by atoms with Gasteiger partial charge in [-0.3, -0.25) is 0 Å². The van der Waals surface area contributed by atoms with Crippen LogP contribution >= 0.6 is 0 Å². The molecule has 278 valence electrons. The van der Waals surface area contributed by atoms with E-state index in [1.54, 1.807) is 12.1 Å². The molecule has 0 aromatic heterocycles. The molecule has 9 rings (SSSR count). The average Bonchev–Trinajstić information content (AvgIpc) is 3.57. The smallest absolute Gasteiger partial charge is 0.166 e. The predicted octanol–water partition coefficient (Wildman–Crippen LogP) is 14.6. The van der Waals surface area contributed by atoms with E-state index in [4.69, 9.17) is 0 Å². The van der Waals surface area contributed by atoms with Crippen LogP contribution in [-0.4, -0.2) is 0 Å². The van der Waals surface area contributed by atoms with Crippen LogP contribution in [0.1, 0.15) is 97.2 Å². The van der Waals surface area contributed by atoms with Crippen LogP contribution in [0, 0.1) is 13.8 Å². The van der Waals surface area contributed by atoms with E-state index in [0.29, 0.717) is 11.1 Å². The van der Waals surface area contributed by atoms with Gasteiger partial charge in [0.2, 0.25) is 0 Å². The third-order valence-electron chi connectivity index (χ3n) is 13.0. The van der Waals surface area contributed by atoms with Gasteiger partial charge in [-0.25, -0.2) is 0 Å². The Morgan fingerprint density at radius 1 is 0.327 bits per heavy atom. The fourth-order valence-electron chi connectivity index (χ4n) is 9.83. The SMILES string of the molecule is Cc1cc2c(cc1-c1ccc3c(c1)C(C)(C)c1cc(C(F)(F)F)ccc1-3)C(C)(C)c1cc(-c3ccc4c(c3)C(C)(C)c3cc(C(F)(F)F)ccc3-4)c(C)cc1-2. The molecule has 3 aliphatic rings. The summed E-state index contributed by atoms with van der Waals surface area (Å²) in [6.07, 6.45) is -8.82. The van der Waals surface area contributed by atoms with Crippen molar-refractivity contribution in [2.24, 2.45) is 0 Å². The van der Waals surface area contributed by atoms with Crippen molar-refractivity contribution in [3.05, 3.63) is 153 Å². The zero-order chi connectivity index (χ0) is 39.4. The molecule has 0 fully saturated rings. The molecule has 0 N–H and O–H groups in total. The number of aryl methyl sites for hydroxylation is 2. The fraction of sp³-hybridized carbons (Fsp3) is 0.265. The molecule has 0 unspecified atom stereocenters. The van der Waals surface area contributed by atoms with Crippen molar-refractivity contribution in [1.82, 2.24) is 0 Å². The van der Waals surface area contributed by atoms with E-state index in [2.05, 4.69) is 88.4 Å². The zero-order valence-electron chi connectivity index (χ0n) is 32.0. The van der Waals surface area contributed by atoms with Crippen LogP contribution in [0.5, 0.6) is 0 Å². The maximum absolute atomic E-state index is 13.7. The lowest BCUT2D eigenvalue weighted by molar-refractivity contribution is -0.138. The minimum Gasteiger partial charge on any atom is -0.166 e. The highest BCUT2D eigenvalue weighted by molar-refractivity contribution is 5.91. The number of hydrogen-bond acceptors (Lipinski definition) is 0. The number of rotatable bonds is 2. The molecule has 0 aliphatic heterocycles. The van der Waals surface area contributed by atoms with Crippen molar-refractivity contribution in [2.75, 3.05) is 0 Å². The van der Waals surface area contributed by atoms with E-state index < -0.39 is 34.3 Å². The van der Waals surface area contributed by atoms with E-state index in [1.807, 2.05) is 27.7 Å². The first-order valence-corrected chi connectivity index (χ1v) is 18.6. The minimum absolute atomic E-state index is 0.337. The van der Waals surface area contributed by atoms with Crippen molar-refractivity contribution in [2.45, 2.75) is 84.0 Å². The van der Waals surface area contributed by atoms with E-state index in [0.717, 1.165) is 66.8 Å². The first kappa shape index (κ1) is 35.6. The van der Waals surface area contributed by atoms with Crippen LogP contribution in [0.3, 0.4) is 0 Å². The molecule has 6 aromatic carbocycles. The van der Waals surface area contributed by atoms with Crippen LogP contribution in [0.4, 0.5) is 26.3 Å². The topological polar surface area (TPSA) is 0 Å². The number of fused-ring (bicyclic) bond motifs is 9. The second kappa shape index (κ2) is 11.0. The molecule has 3 aliphatic carbocycles. The highest BCUT2D eigenvalue weighted by atomic mass is 19.4. The third kappa shape index (κ3) is 4.98. The maximum atomic E-state index is 13.7. The van der Waals surface area contributed by atoms with Crippen LogP contribution < -0.4 is 0 Å². The summed E-state index contributed by atoms with van der Waals surface area (Å²) in [5.74, 6) is 0. The summed E-state index contributed by atoms with van der Waals surface area (Å²) in [6.45, 7) is 16.7. The first-order chi connectivity index (χ1) is 25.6. The van der Waals surface area contributed by atoms with Gasteiger partial charge in [0.15, 0.2) is 0 Å². The van der Waals surface area contributed by atoms with Gasteiger partial charge in [-0.2, -0.15) is 26.3 Å².